The predicted molar refractivity (Wildman–Crippen MR) is 77.3 cm³/mol. The third-order valence-corrected chi connectivity index (χ3v) is 3.98. The van der Waals surface area contributed by atoms with Crippen molar-refractivity contribution in [3.63, 3.8) is 0 Å². The van der Waals surface area contributed by atoms with E-state index < -0.39 is 24.1 Å². The summed E-state index contributed by atoms with van der Waals surface area (Å²) in [5, 5.41) is 0. The fourth-order valence-corrected chi connectivity index (χ4v) is 2.09. The van der Waals surface area contributed by atoms with E-state index >= 15 is 0 Å². The molecule has 0 aliphatic carbocycles. The van der Waals surface area contributed by atoms with E-state index in [2.05, 4.69) is 4.98 Å². The average molecular weight is 280 g/mol. The summed E-state index contributed by atoms with van der Waals surface area (Å²) in [6.45, 7) is 9.65. The molecule has 1 unspecified atom stereocenters. The van der Waals surface area contributed by atoms with E-state index in [0.29, 0.717) is 11.9 Å². The van der Waals surface area contributed by atoms with Gasteiger partial charge >= 0.3 is 7.12 Å². The molecule has 4 nitrogen and oxygen atoms in total. The van der Waals surface area contributed by atoms with Crippen molar-refractivity contribution in [2.45, 2.75) is 58.3 Å². The minimum atomic E-state index is -0.713. The van der Waals surface area contributed by atoms with Crippen molar-refractivity contribution in [3.8, 4) is 0 Å². The summed E-state index contributed by atoms with van der Waals surface area (Å²) in [6, 6.07) is 1.65. The topological polar surface area (TPSA) is 57.4 Å². The normalized spacial score (nSPS) is 22.1. The highest BCUT2D eigenvalue weighted by atomic mass is 19.1. The Morgan fingerprint density at radius 1 is 1.30 bits per heavy atom. The molecule has 1 fully saturated rings. The second kappa shape index (κ2) is 5.09. The highest BCUT2D eigenvalue weighted by Gasteiger charge is 2.52. The number of pyridine rings is 1. The predicted octanol–water partition coefficient (Wildman–Crippen LogP) is 1.41. The van der Waals surface area contributed by atoms with E-state index in [-0.39, 0.29) is 6.04 Å². The maximum absolute atomic E-state index is 14.0. The van der Waals surface area contributed by atoms with Gasteiger partial charge in [0.05, 0.1) is 17.4 Å². The quantitative estimate of drug-likeness (QED) is 0.850. The van der Waals surface area contributed by atoms with Gasteiger partial charge in [0.1, 0.15) is 5.82 Å². The molecule has 20 heavy (non-hydrogen) atoms. The zero-order valence-corrected chi connectivity index (χ0v) is 12.7. The molecule has 1 aliphatic heterocycles. The Balaban J connectivity index is 2.30. The van der Waals surface area contributed by atoms with Crippen LogP contribution in [0.3, 0.4) is 0 Å². The number of aromatic nitrogens is 1. The summed E-state index contributed by atoms with van der Waals surface area (Å²) in [7, 11) is -0.713. The Labute approximate surface area is 120 Å². The first-order valence-corrected chi connectivity index (χ1v) is 6.88. The molecule has 0 radical (unpaired) electrons. The van der Waals surface area contributed by atoms with Crippen LogP contribution in [0.25, 0.3) is 0 Å². The summed E-state index contributed by atoms with van der Waals surface area (Å²) in [5.74, 6) is -0.420. The lowest BCUT2D eigenvalue weighted by Gasteiger charge is -2.32. The van der Waals surface area contributed by atoms with E-state index in [0.717, 1.165) is 5.69 Å². The minimum Gasteiger partial charge on any atom is -0.399 e. The first kappa shape index (κ1) is 15.4. The molecule has 110 valence electrons. The van der Waals surface area contributed by atoms with Gasteiger partial charge in [0, 0.05) is 23.6 Å². The second-order valence-electron chi connectivity index (χ2n) is 6.47. The largest absolute Gasteiger partial charge is 0.497 e. The maximum atomic E-state index is 14.0. The number of hydrogen-bond acceptors (Lipinski definition) is 4. The highest BCUT2D eigenvalue weighted by Crippen LogP contribution is 2.36. The van der Waals surface area contributed by atoms with Crippen LogP contribution in [-0.4, -0.2) is 29.3 Å². The Hall–Kier alpha value is -0.975. The van der Waals surface area contributed by atoms with Crippen LogP contribution in [0.1, 0.15) is 40.3 Å². The Morgan fingerprint density at radius 3 is 2.35 bits per heavy atom. The van der Waals surface area contributed by atoms with Crippen molar-refractivity contribution >= 4 is 12.6 Å². The molecule has 0 aromatic carbocycles. The van der Waals surface area contributed by atoms with Crippen molar-refractivity contribution < 1.29 is 13.7 Å². The summed E-state index contributed by atoms with van der Waals surface area (Å²) in [6.07, 6.45) is 1.80. The van der Waals surface area contributed by atoms with Crippen LogP contribution in [0.5, 0.6) is 0 Å². The zero-order chi connectivity index (χ0) is 15.1. The van der Waals surface area contributed by atoms with E-state index in [9.17, 15) is 4.39 Å². The SMILES string of the molecule is CC(N)Cc1cc(B2OC(C)(C)C(C)(C)O2)c(F)cn1. The smallest absolute Gasteiger partial charge is 0.399 e. The number of rotatable bonds is 3. The van der Waals surface area contributed by atoms with Crippen molar-refractivity contribution in [2.24, 2.45) is 5.73 Å². The monoisotopic (exact) mass is 280 g/mol. The molecular formula is C14H22BFN2O2. The van der Waals surface area contributed by atoms with Crippen LogP contribution in [-0.2, 0) is 15.7 Å². The summed E-state index contributed by atoms with van der Waals surface area (Å²) in [4.78, 5) is 4.06. The zero-order valence-electron chi connectivity index (χ0n) is 12.7. The molecule has 1 aliphatic rings. The molecule has 1 saturated heterocycles. The molecule has 2 rings (SSSR count). The van der Waals surface area contributed by atoms with Gasteiger partial charge in [-0.1, -0.05) is 0 Å². The van der Waals surface area contributed by atoms with Gasteiger partial charge in [0.25, 0.3) is 0 Å². The van der Waals surface area contributed by atoms with Gasteiger partial charge in [-0.25, -0.2) is 4.39 Å². The van der Waals surface area contributed by atoms with Crippen LogP contribution in [0.2, 0.25) is 0 Å². The van der Waals surface area contributed by atoms with Gasteiger partial charge in [0.15, 0.2) is 0 Å². The minimum absolute atomic E-state index is 0.0286. The molecule has 0 bridgehead atoms. The molecule has 2 N–H and O–H groups in total. The number of nitrogens with zero attached hydrogens (tertiary/aromatic N) is 1. The van der Waals surface area contributed by atoms with Crippen LogP contribution < -0.4 is 11.2 Å². The Bertz CT molecular complexity index is 490. The summed E-state index contributed by atoms with van der Waals surface area (Å²) < 4.78 is 25.7. The number of halogens is 1. The van der Waals surface area contributed by atoms with Crippen molar-refractivity contribution in [3.05, 3.63) is 23.8 Å². The molecule has 6 heteroatoms. The van der Waals surface area contributed by atoms with Gasteiger partial charge in [-0.3, -0.25) is 4.98 Å². The second-order valence-corrected chi connectivity index (χ2v) is 6.47. The number of hydrogen-bond donors (Lipinski definition) is 1. The first-order valence-electron chi connectivity index (χ1n) is 6.88. The lowest BCUT2D eigenvalue weighted by atomic mass is 9.78. The van der Waals surface area contributed by atoms with Gasteiger partial charge in [-0.2, -0.15) is 0 Å². The van der Waals surface area contributed by atoms with Crippen LogP contribution in [0.15, 0.2) is 12.3 Å². The number of nitrogens with two attached hydrogens (primary N) is 1. The van der Waals surface area contributed by atoms with Gasteiger partial charge < -0.3 is 15.0 Å². The van der Waals surface area contributed by atoms with Crippen LogP contribution in [0.4, 0.5) is 4.39 Å². The fraction of sp³-hybridized carbons (Fsp3) is 0.643. The van der Waals surface area contributed by atoms with Crippen LogP contribution >= 0.6 is 0 Å². The third kappa shape index (κ3) is 2.87. The molecule has 0 spiro atoms. The van der Waals surface area contributed by atoms with Crippen molar-refractivity contribution in [1.82, 2.24) is 4.98 Å². The van der Waals surface area contributed by atoms with Crippen molar-refractivity contribution in [1.29, 1.82) is 0 Å². The molecule has 0 saturated carbocycles. The van der Waals surface area contributed by atoms with Gasteiger partial charge in [0.2, 0.25) is 0 Å². The fourth-order valence-electron chi connectivity index (χ4n) is 2.09. The highest BCUT2D eigenvalue weighted by molar-refractivity contribution is 6.62. The van der Waals surface area contributed by atoms with E-state index in [1.54, 1.807) is 6.07 Å². The summed E-state index contributed by atoms with van der Waals surface area (Å²) >= 11 is 0. The third-order valence-electron chi connectivity index (χ3n) is 3.98. The molecule has 1 atom stereocenters. The Morgan fingerprint density at radius 2 is 1.85 bits per heavy atom. The summed E-state index contributed by atoms with van der Waals surface area (Å²) in [5.41, 5.74) is 5.90. The van der Waals surface area contributed by atoms with Gasteiger partial charge in [-0.15, -0.1) is 0 Å². The van der Waals surface area contributed by atoms with E-state index in [4.69, 9.17) is 15.0 Å². The Kier molecular flexibility index (Phi) is 3.93. The average Bonchev–Trinajstić information content (AvgIpc) is 2.50. The van der Waals surface area contributed by atoms with E-state index in [1.807, 2.05) is 34.6 Å². The van der Waals surface area contributed by atoms with Crippen molar-refractivity contribution in [2.75, 3.05) is 0 Å². The molecular weight excluding hydrogens is 258 g/mol. The molecule has 0 amide bonds. The maximum Gasteiger partial charge on any atom is 0.497 e. The lowest BCUT2D eigenvalue weighted by molar-refractivity contribution is 0.00578. The molecule has 1 aromatic rings. The molecule has 2 heterocycles. The standard InChI is InChI=1S/C14H22BFN2O2/c1-9(17)6-10-7-11(12(16)8-18-10)15-19-13(2,3)14(4,5)20-15/h7-9H,6,17H2,1-5H3. The lowest BCUT2D eigenvalue weighted by Crippen LogP contribution is -2.41. The van der Waals surface area contributed by atoms with Crippen LogP contribution in [0, 0.1) is 5.82 Å². The van der Waals surface area contributed by atoms with Gasteiger partial charge in [-0.05, 0) is 40.7 Å². The first-order chi connectivity index (χ1) is 9.12. The van der Waals surface area contributed by atoms with E-state index in [1.165, 1.54) is 6.20 Å². The molecule has 1 aromatic heterocycles.